The molecule has 0 radical (unpaired) electrons. The number of aryl methyl sites for hydroxylation is 2. The Hall–Kier alpha value is -1.88. The summed E-state index contributed by atoms with van der Waals surface area (Å²) in [4.78, 5) is 13.7. The lowest BCUT2D eigenvalue weighted by Crippen LogP contribution is -2.27. The molecule has 0 bridgehead atoms. The zero-order valence-electron chi connectivity index (χ0n) is 11.5. The van der Waals surface area contributed by atoms with Gasteiger partial charge in [-0.25, -0.2) is 4.39 Å². The number of amides is 1. The van der Waals surface area contributed by atoms with Crippen LogP contribution in [0.5, 0.6) is 0 Å². The lowest BCUT2D eigenvalue weighted by Gasteiger charge is -2.17. The van der Waals surface area contributed by atoms with E-state index in [1.807, 2.05) is 20.2 Å². The molecule has 0 spiro atoms. The van der Waals surface area contributed by atoms with Crippen molar-refractivity contribution in [2.24, 2.45) is 7.05 Å². The van der Waals surface area contributed by atoms with E-state index in [2.05, 4.69) is 5.10 Å². The topological polar surface area (TPSA) is 38.1 Å². The van der Waals surface area contributed by atoms with Gasteiger partial charge in [-0.05, 0) is 19.1 Å². The van der Waals surface area contributed by atoms with Crippen LogP contribution in [0.3, 0.4) is 0 Å². The van der Waals surface area contributed by atoms with Crippen molar-refractivity contribution < 1.29 is 9.18 Å². The summed E-state index contributed by atoms with van der Waals surface area (Å²) in [5.74, 6) is -1.06. The number of hydrogen-bond donors (Lipinski definition) is 0. The molecule has 106 valence electrons. The zero-order valence-corrected chi connectivity index (χ0v) is 12.3. The number of carbonyl (C=O) groups is 1. The Bertz CT molecular complexity index is 634. The maximum atomic E-state index is 13.7. The predicted octanol–water partition coefficient (Wildman–Crippen LogP) is 2.79. The van der Waals surface area contributed by atoms with Gasteiger partial charge in [0, 0.05) is 32.4 Å². The highest BCUT2D eigenvalue weighted by Crippen LogP contribution is 2.21. The first-order chi connectivity index (χ1) is 9.40. The van der Waals surface area contributed by atoms with E-state index in [1.54, 1.807) is 11.7 Å². The van der Waals surface area contributed by atoms with Gasteiger partial charge in [0.25, 0.3) is 5.91 Å². The molecule has 0 aliphatic carbocycles. The second kappa shape index (κ2) is 5.63. The number of halogens is 2. The minimum atomic E-state index is -0.614. The summed E-state index contributed by atoms with van der Waals surface area (Å²) < 4.78 is 15.4. The lowest BCUT2D eigenvalue weighted by atomic mass is 10.1. The third-order valence-electron chi connectivity index (χ3n) is 3.05. The van der Waals surface area contributed by atoms with Crippen LogP contribution in [0.4, 0.5) is 4.39 Å². The van der Waals surface area contributed by atoms with Crippen molar-refractivity contribution in [3.05, 3.63) is 52.1 Å². The summed E-state index contributed by atoms with van der Waals surface area (Å²) >= 11 is 5.90. The highest BCUT2D eigenvalue weighted by atomic mass is 35.5. The Balaban J connectivity index is 2.23. The molecule has 6 heteroatoms. The van der Waals surface area contributed by atoms with Crippen LogP contribution in [0.25, 0.3) is 0 Å². The Morgan fingerprint density at radius 1 is 1.50 bits per heavy atom. The Kier molecular flexibility index (Phi) is 4.09. The SMILES string of the molecule is Cc1nn(C)cc1CN(C)C(=O)c1c(F)cccc1Cl. The number of carbonyl (C=O) groups excluding carboxylic acids is 1. The standard InChI is InChI=1S/C14H15ClFN3O/c1-9-10(8-19(3)17-9)7-18(2)14(20)13-11(15)5-4-6-12(13)16/h4-6,8H,7H2,1-3H3. The van der Waals surface area contributed by atoms with Crippen molar-refractivity contribution in [3.63, 3.8) is 0 Å². The van der Waals surface area contributed by atoms with Crippen LogP contribution in [-0.2, 0) is 13.6 Å². The number of nitrogens with zero attached hydrogens (tertiary/aromatic N) is 3. The van der Waals surface area contributed by atoms with Gasteiger partial charge in [0.2, 0.25) is 0 Å². The van der Waals surface area contributed by atoms with E-state index in [-0.39, 0.29) is 10.6 Å². The summed E-state index contributed by atoms with van der Waals surface area (Å²) in [6.45, 7) is 2.22. The average Bonchev–Trinajstić information content (AvgIpc) is 2.67. The molecule has 1 aromatic carbocycles. The zero-order chi connectivity index (χ0) is 14.9. The van der Waals surface area contributed by atoms with Gasteiger partial charge in [-0.15, -0.1) is 0 Å². The van der Waals surface area contributed by atoms with Gasteiger partial charge in [-0.2, -0.15) is 5.10 Å². The van der Waals surface area contributed by atoms with Crippen molar-refractivity contribution >= 4 is 17.5 Å². The summed E-state index contributed by atoms with van der Waals surface area (Å²) in [6.07, 6.45) is 1.84. The highest BCUT2D eigenvalue weighted by molar-refractivity contribution is 6.33. The highest BCUT2D eigenvalue weighted by Gasteiger charge is 2.20. The van der Waals surface area contributed by atoms with Gasteiger partial charge in [-0.1, -0.05) is 17.7 Å². The second-order valence-electron chi connectivity index (χ2n) is 4.67. The summed E-state index contributed by atoms with van der Waals surface area (Å²) in [5, 5.41) is 4.33. The van der Waals surface area contributed by atoms with Crippen molar-refractivity contribution in [1.29, 1.82) is 0 Å². The Morgan fingerprint density at radius 2 is 2.20 bits per heavy atom. The van der Waals surface area contributed by atoms with Crippen LogP contribution in [0, 0.1) is 12.7 Å². The third-order valence-corrected chi connectivity index (χ3v) is 3.36. The molecule has 2 rings (SSSR count). The van der Waals surface area contributed by atoms with Gasteiger partial charge >= 0.3 is 0 Å². The van der Waals surface area contributed by atoms with Crippen LogP contribution in [0.2, 0.25) is 5.02 Å². The molecule has 0 unspecified atom stereocenters. The Morgan fingerprint density at radius 3 is 2.75 bits per heavy atom. The summed E-state index contributed by atoms with van der Waals surface area (Å²) in [5.41, 5.74) is 1.65. The first kappa shape index (κ1) is 14.5. The molecule has 0 fully saturated rings. The molecule has 4 nitrogen and oxygen atoms in total. The van der Waals surface area contributed by atoms with E-state index in [4.69, 9.17) is 11.6 Å². The maximum Gasteiger partial charge on any atom is 0.258 e. The fraction of sp³-hybridized carbons (Fsp3) is 0.286. The fourth-order valence-corrected chi connectivity index (χ4v) is 2.27. The molecule has 0 N–H and O–H groups in total. The number of rotatable bonds is 3. The molecule has 1 amide bonds. The largest absolute Gasteiger partial charge is 0.337 e. The molecule has 20 heavy (non-hydrogen) atoms. The Labute approximate surface area is 121 Å². The van der Waals surface area contributed by atoms with Gasteiger partial charge in [0.1, 0.15) is 5.82 Å². The first-order valence-electron chi connectivity index (χ1n) is 6.08. The quantitative estimate of drug-likeness (QED) is 0.873. The predicted molar refractivity (Wildman–Crippen MR) is 75.2 cm³/mol. The molecule has 0 saturated carbocycles. The summed E-state index contributed by atoms with van der Waals surface area (Å²) in [6, 6.07) is 4.20. The molecule has 1 aromatic heterocycles. The fourth-order valence-electron chi connectivity index (χ4n) is 2.02. The number of benzene rings is 1. The van der Waals surface area contributed by atoms with Crippen molar-refractivity contribution in [3.8, 4) is 0 Å². The minimum absolute atomic E-state index is 0.0989. The maximum absolute atomic E-state index is 13.7. The third kappa shape index (κ3) is 2.82. The van der Waals surface area contributed by atoms with Crippen molar-refractivity contribution in [2.75, 3.05) is 7.05 Å². The smallest absolute Gasteiger partial charge is 0.258 e. The number of hydrogen-bond acceptors (Lipinski definition) is 2. The van der Waals surface area contributed by atoms with Crippen LogP contribution in [0.1, 0.15) is 21.6 Å². The minimum Gasteiger partial charge on any atom is -0.337 e. The molecule has 0 saturated heterocycles. The van der Waals surface area contributed by atoms with Crippen LogP contribution in [0.15, 0.2) is 24.4 Å². The first-order valence-corrected chi connectivity index (χ1v) is 6.46. The van der Waals surface area contributed by atoms with Crippen LogP contribution in [-0.4, -0.2) is 27.6 Å². The molecular weight excluding hydrogens is 281 g/mol. The van der Waals surface area contributed by atoms with Crippen molar-refractivity contribution in [2.45, 2.75) is 13.5 Å². The summed E-state index contributed by atoms with van der Waals surface area (Å²) in [7, 11) is 3.42. The normalized spacial score (nSPS) is 10.7. The van der Waals surface area contributed by atoms with E-state index in [9.17, 15) is 9.18 Å². The van der Waals surface area contributed by atoms with E-state index >= 15 is 0 Å². The van der Waals surface area contributed by atoms with Crippen molar-refractivity contribution in [1.82, 2.24) is 14.7 Å². The molecule has 0 atom stereocenters. The number of aromatic nitrogens is 2. The molecule has 0 aliphatic rings. The molecule has 1 heterocycles. The second-order valence-corrected chi connectivity index (χ2v) is 5.08. The average molecular weight is 296 g/mol. The van der Waals surface area contributed by atoms with Crippen LogP contribution >= 0.6 is 11.6 Å². The molecule has 2 aromatic rings. The van der Waals surface area contributed by atoms with E-state index in [0.717, 1.165) is 11.3 Å². The van der Waals surface area contributed by atoms with Gasteiger partial charge in [0.05, 0.1) is 16.3 Å². The molecule has 0 aliphatic heterocycles. The van der Waals surface area contributed by atoms with E-state index in [0.29, 0.717) is 6.54 Å². The molecular formula is C14H15ClFN3O. The lowest BCUT2D eigenvalue weighted by molar-refractivity contribution is 0.0780. The van der Waals surface area contributed by atoms with E-state index in [1.165, 1.54) is 23.1 Å². The monoisotopic (exact) mass is 295 g/mol. The van der Waals surface area contributed by atoms with Gasteiger partial charge in [0.15, 0.2) is 0 Å². The van der Waals surface area contributed by atoms with E-state index < -0.39 is 11.7 Å². The van der Waals surface area contributed by atoms with Gasteiger partial charge < -0.3 is 4.90 Å². The van der Waals surface area contributed by atoms with Gasteiger partial charge in [-0.3, -0.25) is 9.48 Å². The van der Waals surface area contributed by atoms with Crippen LogP contribution < -0.4 is 0 Å².